The van der Waals surface area contributed by atoms with Gasteiger partial charge in [-0.2, -0.15) is 5.10 Å². The Morgan fingerprint density at radius 2 is 2.04 bits per heavy atom. The van der Waals surface area contributed by atoms with Gasteiger partial charge in [-0.15, -0.1) is 0 Å². The summed E-state index contributed by atoms with van der Waals surface area (Å²) in [6.45, 7) is 1.28. The quantitative estimate of drug-likeness (QED) is 0.485. The van der Waals surface area contributed by atoms with Crippen LogP contribution in [-0.4, -0.2) is 30.4 Å². The first kappa shape index (κ1) is 19.4. The fraction of sp³-hybridized carbons (Fsp3) is 0.150. The van der Waals surface area contributed by atoms with Crippen molar-refractivity contribution in [2.24, 2.45) is 5.10 Å². The van der Waals surface area contributed by atoms with Gasteiger partial charge in [0.25, 0.3) is 0 Å². The van der Waals surface area contributed by atoms with E-state index in [1.807, 2.05) is 19.1 Å². The second-order valence-corrected chi connectivity index (χ2v) is 6.29. The number of hydrazone groups is 1. The molecule has 0 aliphatic rings. The number of carboxylic acids is 1. The summed E-state index contributed by atoms with van der Waals surface area (Å²) < 4.78 is 10.4. The third kappa shape index (κ3) is 4.50. The van der Waals surface area contributed by atoms with E-state index in [1.165, 1.54) is 7.11 Å². The lowest BCUT2D eigenvalue weighted by molar-refractivity contribution is -0.307. The van der Waals surface area contributed by atoms with Crippen LogP contribution in [0, 0.1) is 0 Å². The number of fused-ring (bicyclic) bond motifs is 1. The van der Waals surface area contributed by atoms with Crippen molar-refractivity contribution in [1.82, 2.24) is 4.98 Å². The molecule has 0 radical (unpaired) electrons. The Bertz CT molecular complexity index is 1050. The van der Waals surface area contributed by atoms with Crippen molar-refractivity contribution in [3.05, 3.63) is 59.2 Å². The Labute approximate surface area is 166 Å². The summed E-state index contributed by atoms with van der Waals surface area (Å²) in [4.78, 5) is 14.9. The number of pyridine rings is 1. The molecule has 1 N–H and O–H groups in total. The maximum Gasteiger partial charge on any atom is 0.161 e. The molecule has 0 fully saturated rings. The molecule has 7 nitrogen and oxygen atoms in total. The van der Waals surface area contributed by atoms with E-state index < -0.39 is 12.6 Å². The van der Waals surface area contributed by atoms with Gasteiger partial charge in [-0.25, -0.2) is 0 Å². The minimum atomic E-state index is -1.31. The van der Waals surface area contributed by atoms with Crippen LogP contribution in [0.4, 0.5) is 5.69 Å². The van der Waals surface area contributed by atoms with Crippen molar-refractivity contribution in [2.45, 2.75) is 6.92 Å². The molecule has 28 heavy (non-hydrogen) atoms. The van der Waals surface area contributed by atoms with Crippen LogP contribution in [0.2, 0.25) is 5.02 Å². The fourth-order valence-corrected chi connectivity index (χ4v) is 2.74. The highest BCUT2D eigenvalue weighted by atomic mass is 35.5. The number of anilines is 1. The normalized spacial score (nSPS) is 11.3. The lowest BCUT2D eigenvalue weighted by Gasteiger charge is -2.13. The summed E-state index contributed by atoms with van der Waals surface area (Å²) in [5.74, 6) is -0.593. The van der Waals surface area contributed by atoms with Crippen molar-refractivity contribution in [1.29, 1.82) is 0 Å². The molecule has 1 heterocycles. The van der Waals surface area contributed by atoms with Crippen LogP contribution in [-0.2, 0) is 4.79 Å². The Hall–Kier alpha value is -3.32. The van der Waals surface area contributed by atoms with Crippen LogP contribution in [0.15, 0.2) is 53.8 Å². The second-order valence-electron chi connectivity index (χ2n) is 5.86. The highest BCUT2D eigenvalue weighted by molar-refractivity contribution is 6.31. The Morgan fingerprint density at radius 1 is 1.21 bits per heavy atom. The van der Waals surface area contributed by atoms with E-state index in [2.05, 4.69) is 15.5 Å². The van der Waals surface area contributed by atoms with Crippen molar-refractivity contribution in [2.75, 3.05) is 19.1 Å². The molecule has 0 aliphatic heterocycles. The molecule has 2 aromatic carbocycles. The van der Waals surface area contributed by atoms with Crippen molar-refractivity contribution >= 4 is 39.9 Å². The van der Waals surface area contributed by atoms with Gasteiger partial charge in [-0.05, 0) is 49.4 Å². The van der Waals surface area contributed by atoms with Gasteiger partial charge in [0.1, 0.15) is 6.61 Å². The molecular weight excluding hydrogens is 382 g/mol. The van der Waals surface area contributed by atoms with E-state index in [9.17, 15) is 9.90 Å². The SMILES string of the molecule is COc1cc(/C(C)=N\Nc2ccnc3cc(Cl)ccc23)ccc1OCC(=O)[O-]. The number of aliphatic carboxylic acids is 1. The Balaban J connectivity index is 1.83. The number of ether oxygens (including phenoxy) is 2. The van der Waals surface area contributed by atoms with Crippen LogP contribution < -0.4 is 20.0 Å². The third-order valence-electron chi connectivity index (χ3n) is 3.98. The molecule has 0 aliphatic carbocycles. The van der Waals surface area contributed by atoms with E-state index in [0.29, 0.717) is 22.2 Å². The van der Waals surface area contributed by atoms with Crippen LogP contribution >= 0.6 is 11.6 Å². The molecule has 8 heteroatoms. The number of hydrogen-bond acceptors (Lipinski definition) is 7. The lowest BCUT2D eigenvalue weighted by Crippen LogP contribution is -2.29. The maximum atomic E-state index is 10.6. The number of carbonyl (C=O) groups excluding carboxylic acids is 1. The molecule has 144 valence electrons. The van der Waals surface area contributed by atoms with E-state index >= 15 is 0 Å². The summed E-state index contributed by atoms with van der Waals surface area (Å²) in [5, 5.41) is 16.5. The number of methoxy groups -OCH3 is 1. The van der Waals surface area contributed by atoms with Gasteiger partial charge < -0.3 is 19.4 Å². The highest BCUT2D eigenvalue weighted by Crippen LogP contribution is 2.29. The lowest BCUT2D eigenvalue weighted by atomic mass is 10.1. The number of benzene rings is 2. The number of nitrogens with zero attached hydrogens (tertiary/aromatic N) is 2. The standard InChI is InChI=1S/C20H18ClN3O4/c1-12(13-3-6-18(19(9-13)27-2)28-11-20(25)26)23-24-16-7-8-22-17-10-14(21)4-5-15(16)17/h3-10H,11H2,1-2H3,(H,22,24)(H,25,26)/p-1/b23-12-. The van der Waals surface area contributed by atoms with Crippen LogP contribution in [0.1, 0.15) is 12.5 Å². The van der Waals surface area contributed by atoms with E-state index in [-0.39, 0.29) is 0 Å². The number of halogens is 1. The molecule has 0 spiro atoms. The van der Waals surface area contributed by atoms with Gasteiger partial charge in [0.15, 0.2) is 11.5 Å². The molecule has 3 aromatic rings. The van der Waals surface area contributed by atoms with Gasteiger partial charge in [0.05, 0.1) is 30.0 Å². The average Bonchev–Trinajstić information content (AvgIpc) is 2.69. The maximum absolute atomic E-state index is 10.6. The van der Waals surface area contributed by atoms with Crippen LogP contribution in [0.25, 0.3) is 10.9 Å². The molecule has 1 aromatic heterocycles. The largest absolute Gasteiger partial charge is 0.546 e. The predicted octanol–water partition coefficient (Wildman–Crippen LogP) is 2.86. The molecule has 0 bridgehead atoms. The average molecular weight is 399 g/mol. The molecular formula is C20H17ClN3O4-. The summed E-state index contributed by atoms with van der Waals surface area (Å²) in [7, 11) is 1.48. The highest BCUT2D eigenvalue weighted by Gasteiger charge is 2.08. The van der Waals surface area contributed by atoms with Gasteiger partial charge >= 0.3 is 0 Å². The minimum Gasteiger partial charge on any atom is -0.546 e. The number of carboxylic acid groups (broad SMARTS) is 1. The fourth-order valence-electron chi connectivity index (χ4n) is 2.58. The van der Waals surface area contributed by atoms with Crippen LogP contribution in [0.3, 0.4) is 0 Å². The van der Waals surface area contributed by atoms with E-state index in [0.717, 1.165) is 22.2 Å². The summed E-state index contributed by atoms with van der Waals surface area (Å²) in [6, 6.07) is 12.4. The zero-order valence-electron chi connectivity index (χ0n) is 15.2. The topological polar surface area (TPSA) is 95.9 Å². The van der Waals surface area contributed by atoms with Gasteiger partial charge in [0, 0.05) is 22.2 Å². The predicted molar refractivity (Wildman–Crippen MR) is 106 cm³/mol. The van der Waals surface area contributed by atoms with Gasteiger partial charge in [0.2, 0.25) is 0 Å². The van der Waals surface area contributed by atoms with Gasteiger partial charge in [-0.1, -0.05) is 11.6 Å². The Morgan fingerprint density at radius 3 is 2.79 bits per heavy atom. The first-order chi connectivity index (χ1) is 13.5. The first-order valence-corrected chi connectivity index (χ1v) is 8.71. The first-order valence-electron chi connectivity index (χ1n) is 8.33. The van der Waals surface area contributed by atoms with Crippen LogP contribution in [0.5, 0.6) is 11.5 Å². The van der Waals surface area contributed by atoms with Crippen molar-refractivity contribution in [3.63, 3.8) is 0 Å². The second kappa shape index (κ2) is 8.58. The van der Waals surface area contributed by atoms with Crippen molar-refractivity contribution < 1.29 is 19.4 Å². The zero-order valence-corrected chi connectivity index (χ0v) is 16.0. The number of hydrogen-bond donors (Lipinski definition) is 1. The number of aromatic nitrogens is 1. The zero-order chi connectivity index (χ0) is 20.1. The summed E-state index contributed by atoms with van der Waals surface area (Å²) >= 11 is 6.01. The molecule has 0 saturated heterocycles. The molecule has 3 rings (SSSR count). The number of rotatable bonds is 7. The third-order valence-corrected chi connectivity index (χ3v) is 4.21. The van der Waals surface area contributed by atoms with E-state index in [4.69, 9.17) is 21.1 Å². The number of carbonyl (C=O) groups is 1. The molecule has 0 atom stereocenters. The molecule has 0 unspecified atom stereocenters. The Kier molecular flexibility index (Phi) is 5.96. The van der Waals surface area contributed by atoms with Crippen molar-refractivity contribution in [3.8, 4) is 11.5 Å². The molecule has 0 saturated carbocycles. The summed E-state index contributed by atoms with van der Waals surface area (Å²) in [6.07, 6.45) is 1.68. The smallest absolute Gasteiger partial charge is 0.161 e. The molecule has 0 amide bonds. The van der Waals surface area contributed by atoms with E-state index in [1.54, 1.807) is 36.5 Å². The summed E-state index contributed by atoms with van der Waals surface area (Å²) in [5.41, 5.74) is 6.08. The number of nitrogens with one attached hydrogen (secondary N) is 1. The monoisotopic (exact) mass is 398 g/mol. The minimum absolute atomic E-state index is 0.313. The van der Waals surface area contributed by atoms with Gasteiger partial charge in [-0.3, -0.25) is 10.4 Å².